The molecule has 140 valence electrons. The fraction of sp³-hybridized carbons (Fsp3) is 0.300. The SMILES string of the molecule is CCc1ccc(NC(=O)CSc2nnc(-c3ccc(C)cn3)n2CC)cc1. The molecule has 7 heteroatoms. The fourth-order valence-corrected chi connectivity index (χ4v) is 3.42. The molecule has 0 saturated heterocycles. The molecule has 0 unspecified atom stereocenters. The van der Waals surface area contributed by atoms with Crippen molar-refractivity contribution in [3.8, 4) is 11.5 Å². The lowest BCUT2D eigenvalue weighted by Gasteiger charge is -2.08. The minimum absolute atomic E-state index is 0.0649. The zero-order valence-corrected chi connectivity index (χ0v) is 16.6. The van der Waals surface area contributed by atoms with E-state index in [9.17, 15) is 4.79 Å². The Labute approximate surface area is 163 Å². The van der Waals surface area contributed by atoms with Gasteiger partial charge in [-0.3, -0.25) is 9.78 Å². The van der Waals surface area contributed by atoms with Crippen molar-refractivity contribution < 1.29 is 4.79 Å². The molecule has 6 nitrogen and oxygen atoms in total. The lowest BCUT2D eigenvalue weighted by molar-refractivity contribution is -0.113. The van der Waals surface area contributed by atoms with E-state index in [0.717, 1.165) is 29.2 Å². The molecule has 2 heterocycles. The molecule has 1 N–H and O–H groups in total. The first kappa shape index (κ1) is 19.1. The zero-order valence-electron chi connectivity index (χ0n) is 15.8. The van der Waals surface area contributed by atoms with E-state index in [1.807, 2.05) is 61.0 Å². The number of aryl methyl sites for hydroxylation is 2. The molecule has 0 aliphatic rings. The Bertz CT molecular complexity index is 903. The van der Waals surface area contributed by atoms with Gasteiger partial charge in [0, 0.05) is 18.4 Å². The predicted octanol–water partition coefficient (Wildman–Crippen LogP) is 3.96. The molecular weight excluding hydrogens is 358 g/mol. The van der Waals surface area contributed by atoms with E-state index in [4.69, 9.17) is 0 Å². The van der Waals surface area contributed by atoms with Crippen molar-refractivity contribution in [1.82, 2.24) is 19.7 Å². The first-order valence-electron chi connectivity index (χ1n) is 8.98. The van der Waals surface area contributed by atoms with Crippen LogP contribution in [-0.2, 0) is 17.8 Å². The van der Waals surface area contributed by atoms with Gasteiger partial charge < -0.3 is 9.88 Å². The number of nitrogens with one attached hydrogen (secondary N) is 1. The van der Waals surface area contributed by atoms with Crippen molar-refractivity contribution in [3.05, 3.63) is 53.7 Å². The Balaban J connectivity index is 1.65. The molecule has 0 atom stereocenters. The van der Waals surface area contributed by atoms with Crippen LogP contribution in [0.1, 0.15) is 25.0 Å². The van der Waals surface area contributed by atoms with Gasteiger partial charge in [0.05, 0.1) is 5.75 Å². The van der Waals surface area contributed by atoms with Crippen LogP contribution in [0.25, 0.3) is 11.5 Å². The highest BCUT2D eigenvalue weighted by Gasteiger charge is 2.15. The number of thioether (sulfide) groups is 1. The molecule has 3 aromatic rings. The summed E-state index contributed by atoms with van der Waals surface area (Å²) in [6, 6.07) is 11.8. The maximum Gasteiger partial charge on any atom is 0.234 e. The molecule has 0 aliphatic heterocycles. The van der Waals surface area contributed by atoms with E-state index >= 15 is 0 Å². The molecule has 0 fully saturated rings. The first-order chi connectivity index (χ1) is 13.1. The quantitative estimate of drug-likeness (QED) is 0.627. The number of anilines is 1. The summed E-state index contributed by atoms with van der Waals surface area (Å²) in [5.41, 5.74) is 3.93. The minimum Gasteiger partial charge on any atom is -0.325 e. The van der Waals surface area contributed by atoms with Crippen molar-refractivity contribution in [1.29, 1.82) is 0 Å². The topological polar surface area (TPSA) is 72.7 Å². The maximum absolute atomic E-state index is 12.3. The van der Waals surface area contributed by atoms with Crippen molar-refractivity contribution >= 4 is 23.4 Å². The second kappa shape index (κ2) is 8.81. The number of rotatable bonds is 7. The molecule has 0 radical (unpaired) electrons. The van der Waals surface area contributed by atoms with Gasteiger partial charge in [-0.25, -0.2) is 0 Å². The molecule has 27 heavy (non-hydrogen) atoms. The second-order valence-electron chi connectivity index (χ2n) is 6.16. The van der Waals surface area contributed by atoms with Crippen LogP contribution in [0.15, 0.2) is 47.8 Å². The minimum atomic E-state index is -0.0649. The molecular formula is C20H23N5OS. The van der Waals surface area contributed by atoms with E-state index in [2.05, 4.69) is 27.4 Å². The number of amides is 1. The van der Waals surface area contributed by atoms with Gasteiger partial charge in [0.15, 0.2) is 11.0 Å². The summed E-state index contributed by atoms with van der Waals surface area (Å²) < 4.78 is 1.98. The number of nitrogens with zero attached hydrogens (tertiary/aromatic N) is 4. The van der Waals surface area contributed by atoms with Crippen LogP contribution in [0, 0.1) is 6.92 Å². The van der Waals surface area contributed by atoms with Gasteiger partial charge >= 0.3 is 0 Å². The number of aromatic nitrogens is 4. The van der Waals surface area contributed by atoms with Crippen LogP contribution in [0.3, 0.4) is 0 Å². The van der Waals surface area contributed by atoms with E-state index < -0.39 is 0 Å². The van der Waals surface area contributed by atoms with Crippen LogP contribution in [0.4, 0.5) is 5.69 Å². The number of carbonyl (C=O) groups is 1. The standard InChI is InChI=1S/C20H23N5OS/c1-4-15-7-9-16(10-8-15)22-18(26)13-27-20-24-23-19(25(20)5-2)17-11-6-14(3)12-21-17/h6-12H,4-5,13H2,1-3H3,(H,22,26). The Hall–Kier alpha value is -2.67. The van der Waals surface area contributed by atoms with Crippen molar-refractivity contribution in [2.24, 2.45) is 0 Å². The number of hydrogen-bond acceptors (Lipinski definition) is 5. The van der Waals surface area contributed by atoms with Gasteiger partial charge in [-0.15, -0.1) is 10.2 Å². The number of hydrogen-bond donors (Lipinski definition) is 1. The van der Waals surface area contributed by atoms with Gasteiger partial charge in [-0.05, 0) is 49.6 Å². The molecule has 0 spiro atoms. The molecule has 2 aromatic heterocycles. The van der Waals surface area contributed by atoms with E-state index in [-0.39, 0.29) is 11.7 Å². The maximum atomic E-state index is 12.3. The molecule has 0 aliphatic carbocycles. The number of pyridine rings is 1. The number of carbonyl (C=O) groups excluding carboxylic acids is 1. The lowest BCUT2D eigenvalue weighted by atomic mass is 10.1. The van der Waals surface area contributed by atoms with Crippen LogP contribution < -0.4 is 5.32 Å². The lowest BCUT2D eigenvalue weighted by Crippen LogP contribution is -2.14. The third-order valence-electron chi connectivity index (χ3n) is 4.15. The van der Waals surface area contributed by atoms with Crippen LogP contribution in [0.2, 0.25) is 0 Å². The van der Waals surface area contributed by atoms with Crippen molar-refractivity contribution in [2.45, 2.75) is 38.9 Å². The summed E-state index contributed by atoms with van der Waals surface area (Å²) in [4.78, 5) is 16.7. The summed E-state index contributed by atoms with van der Waals surface area (Å²) in [6.07, 6.45) is 2.79. The summed E-state index contributed by atoms with van der Waals surface area (Å²) in [6.45, 7) is 6.84. The highest BCUT2D eigenvalue weighted by atomic mass is 32.2. The summed E-state index contributed by atoms with van der Waals surface area (Å²) in [7, 11) is 0. The highest BCUT2D eigenvalue weighted by Crippen LogP contribution is 2.23. The van der Waals surface area contributed by atoms with Crippen LogP contribution in [0.5, 0.6) is 0 Å². The van der Waals surface area contributed by atoms with Gasteiger partial charge in [-0.1, -0.05) is 36.9 Å². The Kier molecular flexibility index (Phi) is 6.24. The molecule has 1 amide bonds. The largest absolute Gasteiger partial charge is 0.325 e. The van der Waals surface area contributed by atoms with E-state index in [1.54, 1.807) is 0 Å². The van der Waals surface area contributed by atoms with Gasteiger partial charge in [0.2, 0.25) is 5.91 Å². The van der Waals surface area contributed by atoms with E-state index in [0.29, 0.717) is 11.7 Å². The van der Waals surface area contributed by atoms with Crippen LogP contribution >= 0.6 is 11.8 Å². The second-order valence-corrected chi connectivity index (χ2v) is 7.10. The fourth-order valence-electron chi connectivity index (χ4n) is 2.62. The van der Waals surface area contributed by atoms with Crippen molar-refractivity contribution in [3.63, 3.8) is 0 Å². The smallest absolute Gasteiger partial charge is 0.234 e. The average Bonchev–Trinajstić information content (AvgIpc) is 3.10. The van der Waals surface area contributed by atoms with Crippen molar-refractivity contribution in [2.75, 3.05) is 11.1 Å². The summed E-state index contributed by atoms with van der Waals surface area (Å²) in [5, 5.41) is 12.1. The van der Waals surface area contributed by atoms with E-state index in [1.165, 1.54) is 17.3 Å². The number of benzene rings is 1. The predicted molar refractivity (Wildman–Crippen MR) is 109 cm³/mol. The van der Waals surface area contributed by atoms with Gasteiger partial charge in [0.1, 0.15) is 5.69 Å². The third kappa shape index (κ3) is 4.74. The highest BCUT2D eigenvalue weighted by molar-refractivity contribution is 7.99. The normalized spacial score (nSPS) is 10.8. The summed E-state index contributed by atoms with van der Waals surface area (Å²) >= 11 is 1.37. The monoisotopic (exact) mass is 381 g/mol. The molecule has 1 aromatic carbocycles. The Morgan fingerprint density at radius 1 is 1.11 bits per heavy atom. The zero-order chi connectivity index (χ0) is 19.2. The molecule has 0 bridgehead atoms. The third-order valence-corrected chi connectivity index (χ3v) is 5.12. The van der Waals surface area contributed by atoms with Crippen LogP contribution in [-0.4, -0.2) is 31.4 Å². The Morgan fingerprint density at radius 2 is 1.89 bits per heavy atom. The molecule has 3 rings (SSSR count). The van der Waals surface area contributed by atoms with Gasteiger partial charge in [0.25, 0.3) is 0 Å². The average molecular weight is 382 g/mol. The molecule has 0 saturated carbocycles. The Morgan fingerprint density at radius 3 is 2.52 bits per heavy atom. The van der Waals surface area contributed by atoms with Gasteiger partial charge in [-0.2, -0.15) is 0 Å². The first-order valence-corrected chi connectivity index (χ1v) is 9.97. The summed E-state index contributed by atoms with van der Waals surface area (Å²) in [5.74, 6) is 0.926.